The van der Waals surface area contributed by atoms with Crippen LogP contribution in [0.1, 0.15) is 16.8 Å². The van der Waals surface area contributed by atoms with Gasteiger partial charge in [0.05, 0.1) is 12.1 Å². The lowest BCUT2D eigenvalue weighted by Crippen LogP contribution is -2.15. The highest BCUT2D eigenvalue weighted by molar-refractivity contribution is 6.31. The summed E-state index contributed by atoms with van der Waals surface area (Å²) in [5, 5.41) is 3.52. The van der Waals surface area contributed by atoms with Crippen LogP contribution in [-0.4, -0.2) is 15.3 Å². The van der Waals surface area contributed by atoms with Crippen molar-refractivity contribution in [2.24, 2.45) is 0 Å². The number of rotatable bonds is 3. The minimum absolute atomic E-state index is 0.106. The summed E-state index contributed by atoms with van der Waals surface area (Å²) in [4.78, 5) is 16.7. The molecule has 0 aliphatic rings. The van der Waals surface area contributed by atoms with Gasteiger partial charge in [-0.1, -0.05) is 17.7 Å². The molecule has 4 nitrogen and oxygen atoms in total. The number of hydrogen-bond donors (Lipinski definition) is 1. The molecule has 5 heteroatoms. The van der Waals surface area contributed by atoms with Crippen LogP contribution in [0.15, 0.2) is 42.7 Å². The number of nitrogens with one attached hydrogen (secondary N) is 1. The number of carbonyl (C=O) groups excluding carboxylic acids is 1. The van der Waals surface area contributed by atoms with Crippen LogP contribution in [0, 0.1) is 13.8 Å². The normalized spacial score (nSPS) is 10.9. The molecule has 0 radical (unpaired) electrons. The fraction of sp³-hybridized carbons (Fsp3) is 0.176. The van der Waals surface area contributed by atoms with Crippen molar-refractivity contribution in [2.75, 3.05) is 5.32 Å². The number of aromatic nitrogens is 2. The molecule has 22 heavy (non-hydrogen) atoms. The molecule has 0 unspecified atom stereocenters. The minimum atomic E-state index is -0.106. The quantitative estimate of drug-likeness (QED) is 0.799. The molecule has 0 bridgehead atoms. The second kappa shape index (κ2) is 5.81. The Labute approximate surface area is 133 Å². The number of hydrogen-bond acceptors (Lipinski definition) is 2. The molecule has 2 heterocycles. The summed E-state index contributed by atoms with van der Waals surface area (Å²) in [6.45, 7) is 3.90. The molecule has 1 aromatic carbocycles. The van der Waals surface area contributed by atoms with Crippen molar-refractivity contribution in [3.05, 3.63) is 64.6 Å². The van der Waals surface area contributed by atoms with Crippen molar-refractivity contribution in [3.8, 4) is 0 Å². The third-order valence-electron chi connectivity index (χ3n) is 3.55. The summed E-state index contributed by atoms with van der Waals surface area (Å²) in [6, 6.07) is 9.46. The van der Waals surface area contributed by atoms with Crippen molar-refractivity contribution in [3.63, 3.8) is 0 Å². The number of fused-ring (bicyclic) bond motifs is 1. The minimum Gasteiger partial charge on any atom is -0.325 e. The highest BCUT2D eigenvalue weighted by atomic mass is 35.5. The molecule has 0 spiro atoms. The van der Waals surface area contributed by atoms with Crippen molar-refractivity contribution >= 4 is 28.8 Å². The molecule has 3 rings (SSSR count). The van der Waals surface area contributed by atoms with Gasteiger partial charge in [-0.2, -0.15) is 0 Å². The molecular weight excluding hydrogens is 298 g/mol. The van der Waals surface area contributed by atoms with E-state index in [0.29, 0.717) is 5.02 Å². The van der Waals surface area contributed by atoms with Crippen LogP contribution in [0.4, 0.5) is 5.69 Å². The van der Waals surface area contributed by atoms with Crippen LogP contribution in [-0.2, 0) is 11.2 Å². The zero-order valence-corrected chi connectivity index (χ0v) is 13.2. The third kappa shape index (κ3) is 2.97. The van der Waals surface area contributed by atoms with Crippen LogP contribution in [0.5, 0.6) is 0 Å². The number of halogens is 1. The van der Waals surface area contributed by atoms with Crippen LogP contribution >= 0.6 is 11.6 Å². The summed E-state index contributed by atoms with van der Waals surface area (Å²) >= 11 is 6.06. The zero-order valence-electron chi connectivity index (χ0n) is 12.4. The molecule has 2 aromatic heterocycles. The first-order valence-corrected chi connectivity index (χ1v) is 7.40. The lowest BCUT2D eigenvalue weighted by Gasteiger charge is -2.08. The van der Waals surface area contributed by atoms with E-state index in [2.05, 4.69) is 10.3 Å². The van der Waals surface area contributed by atoms with Gasteiger partial charge in [0.25, 0.3) is 0 Å². The van der Waals surface area contributed by atoms with Crippen molar-refractivity contribution in [2.45, 2.75) is 20.3 Å². The van der Waals surface area contributed by atoms with Crippen molar-refractivity contribution < 1.29 is 4.79 Å². The number of aryl methyl sites for hydroxylation is 1. The Morgan fingerprint density at radius 1 is 1.32 bits per heavy atom. The maximum absolute atomic E-state index is 12.2. The van der Waals surface area contributed by atoms with E-state index in [1.54, 1.807) is 6.07 Å². The first-order valence-electron chi connectivity index (χ1n) is 7.02. The molecule has 0 saturated carbocycles. The number of benzene rings is 1. The summed E-state index contributed by atoms with van der Waals surface area (Å²) < 4.78 is 1.92. The lowest BCUT2D eigenvalue weighted by molar-refractivity contribution is -0.115. The molecule has 1 amide bonds. The fourth-order valence-corrected chi connectivity index (χ4v) is 2.50. The second-order valence-electron chi connectivity index (χ2n) is 5.34. The van der Waals surface area contributed by atoms with Crippen LogP contribution in [0.25, 0.3) is 5.65 Å². The third-order valence-corrected chi connectivity index (χ3v) is 3.96. The lowest BCUT2D eigenvalue weighted by atomic mass is 10.2. The molecule has 0 fully saturated rings. The molecule has 0 saturated heterocycles. The Bertz CT molecular complexity index is 854. The SMILES string of the molecule is Cc1ccn2cc(CC(=O)Nc3cccc(Cl)c3C)nc2c1. The number of imidazole rings is 1. The molecule has 112 valence electrons. The number of pyridine rings is 1. The summed E-state index contributed by atoms with van der Waals surface area (Å²) in [5.41, 5.74) is 4.33. The highest BCUT2D eigenvalue weighted by Gasteiger charge is 2.10. The van der Waals surface area contributed by atoms with Gasteiger partial charge < -0.3 is 9.72 Å². The van der Waals surface area contributed by atoms with Gasteiger partial charge in [0, 0.05) is 23.1 Å². The van der Waals surface area contributed by atoms with Gasteiger partial charge in [0.2, 0.25) is 5.91 Å². The van der Waals surface area contributed by atoms with Gasteiger partial charge >= 0.3 is 0 Å². The first-order chi connectivity index (χ1) is 10.5. The highest BCUT2D eigenvalue weighted by Crippen LogP contribution is 2.23. The number of anilines is 1. The molecule has 1 N–H and O–H groups in total. The topological polar surface area (TPSA) is 46.4 Å². The van der Waals surface area contributed by atoms with Gasteiger partial charge in [-0.3, -0.25) is 4.79 Å². The fourth-order valence-electron chi connectivity index (χ4n) is 2.32. The van der Waals surface area contributed by atoms with E-state index >= 15 is 0 Å². The second-order valence-corrected chi connectivity index (χ2v) is 5.75. The molecule has 0 atom stereocenters. The van der Waals surface area contributed by atoms with E-state index in [1.807, 2.05) is 54.9 Å². The maximum atomic E-state index is 12.2. The molecule has 0 aliphatic carbocycles. The predicted molar refractivity (Wildman–Crippen MR) is 88.5 cm³/mol. The Balaban J connectivity index is 1.76. The number of amides is 1. The smallest absolute Gasteiger partial charge is 0.230 e. The van der Waals surface area contributed by atoms with Gasteiger partial charge in [-0.15, -0.1) is 0 Å². The van der Waals surface area contributed by atoms with E-state index in [-0.39, 0.29) is 12.3 Å². The number of nitrogens with zero attached hydrogens (tertiary/aromatic N) is 2. The Hall–Kier alpha value is -2.33. The number of carbonyl (C=O) groups is 1. The average Bonchev–Trinajstić information content (AvgIpc) is 2.85. The van der Waals surface area contributed by atoms with Gasteiger partial charge in [-0.05, 0) is 49.2 Å². The van der Waals surface area contributed by atoms with Gasteiger partial charge in [-0.25, -0.2) is 4.98 Å². The molecule has 3 aromatic rings. The zero-order chi connectivity index (χ0) is 15.7. The van der Waals surface area contributed by atoms with E-state index in [9.17, 15) is 4.79 Å². The van der Waals surface area contributed by atoms with E-state index in [4.69, 9.17) is 11.6 Å². The average molecular weight is 314 g/mol. The first kappa shape index (κ1) is 14.6. The Kier molecular flexibility index (Phi) is 3.86. The molecular formula is C17H16ClN3O. The molecule has 0 aliphatic heterocycles. The van der Waals surface area contributed by atoms with Crippen LogP contribution in [0.2, 0.25) is 5.02 Å². The predicted octanol–water partition coefficient (Wildman–Crippen LogP) is 3.79. The summed E-state index contributed by atoms with van der Waals surface area (Å²) in [7, 11) is 0. The van der Waals surface area contributed by atoms with Crippen LogP contribution < -0.4 is 5.32 Å². The Morgan fingerprint density at radius 3 is 2.95 bits per heavy atom. The van der Waals surface area contributed by atoms with E-state index in [1.165, 1.54) is 0 Å². The largest absolute Gasteiger partial charge is 0.325 e. The summed E-state index contributed by atoms with van der Waals surface area (Å²) in [6.07, 6.45) is 4.05. The van der Waals surface area contributed by atoms with Gasteiger partial charge in [0.1, 0.15) is 5.65 Å². The maximum Gasteiger partial charge on any atom is 0.230 e. The van der Waals surface area contributed by atoms with E-state index < -0.39 is 0 Å². The Morgan fingerprint density at radius 2 is 2.14 bits per heavy atom. The van der Waals surface area contributed by atoms with E-state index in [0.717, 1.165) is 28.2 Å². The van der Waals surface area contributed by atoms with Crippen molar-refractivity contribution in [1.82, 2.24) is 9.38 Å². The standard InChI is InChI=1S/C17H16ClN3O/c1-11-6-7-21-10-13(19-16(21)8-11)9-17(22)20-15-5-3-4-14(18)12(15)2/h3-8,10H,9H2,1-2H3,(H,20,22). The van der Waals surface area contributed by atoms with Crippen molar-refractivity contribution in [1.29, 1.82) is 0 Å². The monoisotopic (exact) mass is 313 g/mol. The summed E-state index contributed by atoms with van der Waals surface area (Å²) in [5.74, 6) is -0.106. The van der Waals surface area contributed by atoms with Crippen LogP contribution in [0.3, 0.4) is 0 Å². The van der Waals surface area contributed by atoms with Gasteiger partial charge in [0.15, 0.2) is 0 Å².